The molecule has 3 rings (SSSR count). The second-order valence-electron chi connectivity index (χ2n) is 4.42. The van der Waals surface area contributed by atoms with Gasteiger partial charge in [0.15, 0.2) is 0 Å². The molecule has 21 heavy (non-hydrogen) atoms. The van der Waals surface area contributed by atoms with E-state index in [9.17, 15) is 4.57 Å². The molecule has 0 fully saturated rings. The standard InChI is InChI=1S/C14H14ClN2O2PS/c15-8-9-19-20(18)16-13-7-6-12(10-14(13)17-20)21-11-4-2-1-3-5-11/h1-7,10H,8-9H2,(H2,16,17,18). The summed E-state index contributed by atoms with van der Waals surface area (Å²) in [6, 6.07) is 16.0. The number of anilines is 2. The molecular formula is C14H14ClN2O2PS. The molecule has 1 atom stereocenters. The van der Waals surface area contributed by atoms with Crippen molar-refractivity contribution in [2.45, 2.75) is 9.79 Å². The van der Waals surface area contributed by atoms with Crippen molar-refractivity contribution in [3.63, 3.8) is 0 Å². The van der Waals surface area contributed by atoms with E-state index in [2.05, 4.69) is 22.3 Å². The molecule has 1 aliphatic rings. The molecule has 2 aromatic carbocycles. The zero-order valence-electron chi connectivity index (χ0n) is 11.1. The van der Waals surface area contributed by atoms with Crippen molar-refractivity contribution < 1.29 is 9.09 Å². The second kappa shape index (κ2) is 6.32. The van der Waals surface area contributed by atoms with Gasteiger partial charge in [-0.2, -0.15) is 0 Å². The summed E-state index contributed by atoms with van der Waals surface area (Å²) in [6.45, 7) is 0.235. The molecule has 1 heterocycles. The lowest BCUT2D eigenvalue weighted by atomic mass is 10.3. The van der Waals surface area contributed by atoms with Crippen LogP contribution in [0.5, 0.6) is 0 Å². The molecule has 0 aromatic heterocycles. The van der Waals surface area contributed by atoms with E-state index in [-0.39, 0.29) is 6.61 Å². The number of hydrogen-bond acceptors (Lipinski definition) is 3. The predicted molar refractivity (Wildman–Crippen MR) is 88.5 cm³/mol. The third-order valence-corrected chi connectivity index (χ3v) is 5.62. The first-order valence-electron chi connectivity index (χ1n) is 6.43. The Balaban J connectivity index is 1.76. The van der Waals surface area contributed by atoms with Gasteiger partial charge >= 0.3 is 7.67 Å². The lowest BCUT2D eigenvalue weighted by Crippen LogP contribution is -2.03. The fourth-order valence-electron chi connectivity index (χ4n) is 1.97. The highest BCUT2D eigenvalue weighted by Crippen LogP contribution is 2.55. The van der Waals surface area contributed by atoms with Gasteiger partial charge in [-0.3, -0.25) is 14.7 Å². The third kappa shape index (κ3) is 3.55. The number of hydrogen-bond donors (Lipinski definition) is 2. The van der Waals surface area contributed by atoms with Gasteiger partial charge in [-0.1, -0.05) is 30.0 Å². The average molecular weight is 341 g/mol. The lowest BCUT2D eigenvalue weighted by molar-refractivity contribution is 0.344. The summed E-state index contributed by atoms with van der Waals surface area (Å²) in [5.74, 6) is 0.304. The molecule has 0 bridgehead atoms. The van der Waals surface area contributed by atoms with Crippen LogP contribution >= 0.6 is 31.0 Å². The summed E-state index contributed by atoms with van der Waals surface area (Å²) in [6.07, 6.45) is 0. The quantitative estimate of drug-likeness (QED) is 0.590. The van der Waals surface area contributed by atoms with Crippen LogP contribution in [0.3, 0.4) is 0 Å². The van der Waals surface area contributed by atoms with Gasteiger partial charge in [0, 0.05) is 15.7 Å². The van der Waals surface area contributed by atoms with Gasteiger partial charge in [-0.25, -0.2) is 4.57 Å². The summed E-state index contributed by atoms with van der Waals surface area (Å²) in [5.41, 5.74) is 1.57. The van der Waals surface area contributed by atoms with E-state index >= 15 is 0 Å². The minimum atomic E-state index is -3.06. The summed E-state index contributed by atoms with van der Waals surface area (Å²) in [4.78, 5) is 2.23. The van der Waals surface area contributed by atoms with Crippen molar-refractivity contribution in [3.05, 3.63) is 48.5 Å². The van der Waals surface area contributed by atoms with Crippen molar-refractivity contribution in [3.8, 4) is 0 Å². The molecule has 2 aromatic rings. The van der Waals surface area contributed by atoms with E-state index in [0.29, 0.717) is 5.88 Å². The van der Waals surface area contributed by atoms with Crippen molar-refractivity contribution >= 4 is 42.4 Å². The molecule has 110 valence electrons. The molecule has 4 nitrogen and oxygen atoms in total. The Hall–Kier alpha value is -1.13. The molecule has 0 saturated heterocycles. The van der Waals surface area contributed by atoms with E-state index in [1.54, 1.807) is 11.8 Å². The molecule has 2 N–H and O–H groups in total. The summed E-state index contributed by atoms with van der Waals surface area (Å²) >= 11 is 7.22. The van der Waals surface area contributed by atoms with Crippen LogP contribution < -0.4 is 10.2 Å². The van der Waals surface area contributed by atoms with Crippen LogP contribution in [0, 0.1) is 0 Å². The maximum absolute atomic E-state index is 12.4. The monoisotopic (exact) mass is 340 g/mol. The molecule has 1 aliphatic heterocycles. The zero-order chi connectivity index (χ0) is 14.7. The maximum Gasteiger partial charge on any atom is 0.392 e. The number of alkyl halides is 1. The number of nitrogens with one attached hydrogen (secondary N) is 2. The second-order valence-corrected chi connectivity index (χ2v) is 7.75. The van der Waals surface area contributed by atoms with Crippen molar-refractivity contribution in [2.75, 3.05) is 22.7 Å². The van der Waals surface area contributed by atoms with Crippen molar-refractivity contribution in [1.82, 2.24) is 0 Å². The van der Waals surface area contributed by atoms with E-state index in [1.165, 1.54) is 0 Å². The first kappa shape index (κ1) is 14.8. The Morgan fingerprint density at radius 3 is 2.57 bits per heavy atom. The van der Waals surface area contributed by atoms with Crippen LogP contribution in [0.1, 0.15) is 0 Å². The van der Waals surface area contributed by atoms with Gasteiger partial charge in [-0.15, -0.1) is 11.6 Å². The van der Waals surface area contributed by atoms with Gasteiger partial charge < -0.3 is 0 Å². The van der Waals surface area contributed by atoms with Crippen LogP contribution in [0.25, 0.3) is 0 Å². The third-order valence-electron chi connectivity index (χ3n) is 2.86. The van der Waals surface area contributed by atoms with Gasteiger partial charge in [0.1, 0.15) is 0 Å². The Morgan fingerprint density at radius 2 is 1.81 bits per heavy atom. The summed E-state index contributed by atoms with van der Waals surface area (Å²) < 4.78 is 17.7. The first-order chi connectivity index (χ1) is 10.2. The fraction of sp³-hybridized carbons (Fsp3) is 0.143. The molecule has 0 amide bonds. The Kier molecular flexibility index (Phi) is 4.45. The Labute approximate surface area is 132 Å². The van der Waals surface area contributed by atoms with E-state index < -0.39 is 7.67 Å². The largest absolute Gasteiger partial charge is 0.392 e. The smallest absolute Gasteiger partial charge is 0.296 e. The molecular weight excluding hydrogens is 327 g/mol. The maximum atomic E-state index is 12.4. The highest BCUT2D eigenvalue weighted by molar-refractivity contribution is 7.99. The SMILES string of the molecule is O=P1(OCCCl)Nc2ccc(Sc3ccccc3)cc2N1. The van der Waals surface area contributed by atoms with Crippen LogP contribution in [0.2, 0.25) is 0 Å². The molecule has 0 spiro atoms. The normalized spacial score (nSPS) is 19.7. The summed E-state index contributed by atoms with van der Waals surface area (Å²) in [5, 5.41) is 5.81. The Morgan fingerprint density at radius 1 is 1.05 bits per heavy atom. The fourth-order valence-corrected chi connectivity index (χ4v) is 4.58. The van der Waals surface area contributed by atoms with E-state index in [0.717, 1.165) is 21.2 Å². The summed E-state index contributed by atoms with van der Waals surface area (Å²) in [7, 11) is -3.06. The highest BCUT2D eigenvalue weighted by Gasteiger charge is 2.31. The molecule has 1 unspecified atom stereocenters. The van der Waals surface area contributed by atoms with Gasteiger partial charge in [0.25, 0.3) is 0 Å². The van der Waals surface area contributed by atoms with Gasteiger partial charge in [0.2, 0.25) is 0 Å². The van der Waals surface area contributed by atoms with Crippen molar-refractivity contribution in [1.29, 1.82) is 0 Å². The Bertz CT molecular complexity index is 684. The number of benzene rings is 2. The van der Waals surface area contributed by atoms with Gasteiger partial charge in [-0.05, 0) is 30.3 Å². The predicted octanol–water partition coefficient (Wildman–Crippen LogP) is 5.04. The van der Waals surface area contributed by atoms with Crippen LogP contribution in [0.4, 0.5) is 11.4 Å². The van der Waals surface area contributed by atoms with E-state index in [1.807, 2.05) is 36.4 Å². The lowest BCUT2D eigenvalue weighted by Gasteiger charge is -2.11. The minimum absolute atomic E-state index is 0.235. The molecule has 0 saturated carbocycles. The number of halogens is 1. The van der Waals surface area contributed by atoms with Gasteiger partial charge in [0.05, 0.1) is 18.0 Å². The minimum Gasteiger partial charge on any atom is -0.296 e. The first-order valence-corrected chi connectivity index (χ1v) is 9.40. The van der Waals surface area contributed by atoms with Crippen LogP contribution in [0.15, 0.2) is 58.3 Å². The van der Waals surface area contributed by atoms with Crippen LogP contribution in [-0.2, 0) is 9.09 Å². The molecule has 0 radical (unpaired) electrons. The zero-order valence-corrected chi connectivity index (χ0v) is 13.5. The molecule has 7 heteroatoms. The number of fused-ring (bicyclic) bond motifs is 1. The average Bonchev–Trinajstić information content (AvgIpc) is 2.82. The number of rotatable bonds is 5. The van der Waals surface area contributed by atoms with Crippen LogP contribution in [-0.4, -0.2) is 12.5 Å². The molecule has 0 aliphatic carbocycles. The van der Waals surface area contributed by atoms with E-state index in [4.69, 9.17) is 16.1 Å². The van der Waals surface area contributed by atoms with Crippen molar-refractivity contribution in [2.24, 2.45) is 0 Å². The topological polar surface area (TPSA) is 50.4 Å². The highest BCUT2D eigenvalue weighted by atomic mass is 35.5.